The van der Waals surface area contributed by atoms with E-state index in [9.17, 15) is 13.6 Å². The molecule has 1 aliphatic rings. The first-order valence-corrected chi connectivity index (χ1v) is 8.26. The number of para-hydroxylation sites is 1. The van der Waals surface area contributed by atoms with E-state index in [1.54, 1.807) is 12.1 Å². The van der Waals surface area contributed by atoms with Gasteiger partial charge >= 0.3 is 0 Å². The lowest BCUT2D eigenvalue weighted by molar-refractivity contribution is 0.103. The van der Waals surface area contributed by atoms with Crippen molar-refractivity contribution in [2.45, 2.75) is 6.92 Å². The fourth-order valence-corrected chi connectivity index (χ4v) is 2.78. The number of amidine groups is 1. The van der Waals surface area contributed by atoms with Crippen molar-refractivity contribution in [2.24, 2.45) is 4.99 Å². The molecule has 0 bridgehead atoms. The molecule has 3 aromatic rings. The molecular weight excluding hydrogens is 350 g/mol. The predicted octanol–water partition coefficient (Wildman–Crippen LogP) is 3.91. The number of aliphatic imine (C=N–C) groups is 1. The molecule has 27 heavy (non-hydrogen) atoms. The van der Waals surface area contributed by atoms with E-state index in [2.05, 4.69) is 20.3 Å². The SMILES string of the molecule is CC1=CC(Nc2nc(C(=O)c3ccc(F)cc3)nc3c(F)cccc23)=NC1. The smallest absolute Gasteiger partial charge is 0.230 e. The van der Waals surface area contributed by atoms with Crippen molar-refractivity contribution < 1.29 is 13.6 Å². The maximum Gasteiger partial charge on any atom is 0.230 e. The van der Waals surface area contributed by atoms with E-state index in [0.717, 1.165) is 5.57 Å². The summed E-state index contributed by atoms with van der Waals surface area (Å²) in [6, 6.07) is 9.51. The number of benzene rings is 2. The van der Waals surface area contributed by atoms with Crippen molar-refractivity contribution in [1.29, 1.82) is 0 Å². The molecule has 5 nitrogen and oxygen atoms in total. The van der Waals surface area contributed by atoms with E-state index in [-0.39, 0.29) is 22.7 Å². The molecule has 1 aliphatic heterocycles. The van der Waals surface area contributed by atoms with Crippen molar-refractivity contribution in [3.63, 3.8) is 0 Å². The molecule has 4 rings (SSSR count). The van der Waals surface area contributed by atoms with Gasteiger partial charge in [-0.2, -0.15) is 0 Å². The van der Waals surface area contributed by atoms with E-state index in [1.807, 2.05) is 13.0 Å². The van der Waals surface area contributed by atoms with E-state index < -0.39 is 17.4 Å². The molecule has 0 amide bonds. The van der Waals surface area contributed by atoms with Gasteiger partial charge in [-0.3, -0.25) is 9.79 Å². The molecule has 0 aliphatic carbocycles. The summed E-state index contributed by atoms with van der Waals surface area (Å²) in [7, 11) is 0. The quantitative estimate of drug-likeness (QED) is 0.716. The van der Waals surface area contributed by atoms with Gasteiger partial charge in [-0.1, -0.05) is 6.07 Å². The molecule has 7 heteroatoms. The summed E-state index contributed by atoms with van der Waals surface area (Å²) < 4.78 is 27.4. The van der Waals surface area contributed by atoms with Crippen LogP contribution in [-0.4, -0.2) is 28.1 Å². The number of carbonyl (C=O) groups is 1. The van der Waals surface area contributed by atoms with Gasteiger partial charge in [-0.15, -0.1) is 0 Å². The van der Waals surface area contributed by atoms with Crippen LogP contribution in [-0.2, 0) is 0 Å². The van der Waals surface area contributed by atoms with Gasteiger partial charge in [0.05, 0.1) is 6.54 Å². The van der Waals surface area contributed by atoms with Crippen LogP contribution in [0.15, 0.2) is 59.1 Å². The average molecular weight is 364 g/mol. The van der Waals surface area contributed by atoms with Crippen LogP contribution < -0.4 is 5.32 Å². The number of hydrogen-bond donors (Lipinski definition) is 1. The summed E-state index contributed by atoms with van der Waals surface area (Å²) in [6.45, 7) is 2.51. The number of nitrogens with zero attached hydrogens (tertiary/aromatic N) is 3. The van der Waals surface area contributed by atoms with Gasteiger partial charge in [-0.05, 0) is 55.0 Å². The van der Waals surface area contributed by atoms with Gasteiger partial charge in [0.2, 0.25) is 11.6 Å². The average Bonchev–Trinajstić information content (AvgIpc) is 3.07. The van der Waals surface area contributed by atoms with E-state index >= 15 is 0 Å². The first kappa shape index (κ1) is 17.0. The van der Waals surface area contributed by atoms with Crippen LogP contribution in [0.2, 0.25) is 0 Å². The Kier molecular flexibility index (Phi) is 4.19. The van der Waals surface area contributed by atoms with Crippen LogP contribution in [0.3, 0.4) is 0 Å². The van der Waals surface area contributed by atoms with Gasteiger partial charge in [0.15, 0.2) is 0 Å². The first-order valence-electron chi connectivity index (χ1n) is 8.26. The molecule has 2 heterocycles. The standard InChI is InChI=1S/C20H14F2N4O/c1-11-9-16(23-10-11)24-19-14-3-2-4-15(22)17(14)25-20(26-19)18(27)12-5-7-13(21)8-6-12/h2-9H,10H2,1H3,(H,23,24,25,26). The summed E-state index contributed by atoms with van der Waals surface area (Å²) in [5, 5.41) is 3.48. The largest absolute Gasteiger partial charge is 0.325 e. The predicted molar refractivity (Wildman–Crippen MR) is 99.0 cm³/mol. The Morgan fingerprint density at radius 3 is 2.56 bits per heavy atom. The second-order valence-corrected chi connectivity index (χ2v) is 6.18. The monoisotopic (exact) mass is 364 g/mol. The first-order chi connectivity index (χ1) is 13.0. The number of halogens is 2. The summed E-state index contributed by atoms with van der Waals surface area (Å²) >= 11 is 0. The van der Waals surface area contributed by atoms with E-state index in [4.69, 9.17) is 0 Å². The highest BCUT2D eigenvalue weighted by atomic mass is 19.1. The molecule has 1 aromatic heterocycles. The third-order valence-electron chi connectivity index (χ3n) is 4.12. The Morgan fingerprint density at radius 2 is 1.85 bits per heavy atom. The molecule has 1 N–H and O–H groups in total. The lowest BCUT2D eigenvalue weighted by atomic mass is 10.1. The molecule has 0 fully saturated rings. The van der Waals surface area contributed by atoms with Crippen molar-refractivity contribution in [1.82, 2.24) is 9.97 Å². The molecule has 134 valence electrons. The molecule has 0 unspecified atom stereocenters. The zero-order valence-corrected chi connectivity index (χ0v) is 14.3. The molecule has 0 saturated carbocycles. The Morgan fingerprint density at radius 1 is 1.07 bits per heavy atom. The third kappa shape index (κ3) is 3.31. The molecule has 0 saturated heterocycles. The topological polar surface area (TPSA) is 67.2 Å². The van der Waals surface area contributed by atoms with Crippen LogP contribution >= 0.6 is 0 Å². The van der Waals surface area contributed by atoms with E-state index in [0.29, 0.717) is 17.8 Å². The van der Waals surface area contributed by atoms with Crippen molar-refractivity contribution in [3.05, 3.63) is 77.1 Å². The van der Waals surface area contributed by atoms with E-state index in [1.165, 1.54) is 30.3 Å². The fraction of sp³-hybridized carbons (Fsp3) is 0.100. The Bertz CT molecular complexity index is 1120. The van der Waals surface area contributed by atoms with Gasteiger partial charge < -0.3 is 5.32 Å². The third-order valence-corrected chi connectivity index (χ3v) is 4.12. The van der Waals surface area contributed by atoms with Crippen molar-refractivity contribution >= 4 is 28.3 Å². The highest BCUT2D eigenvalue weighted by Crippen LogP contribution is 2.24. The fourth-order valence-electron chi connectivity index (χ4n) is 2.78. The Labute approximate surface area is 153 Å². The minimum atomic E-state index is -0.564. The highest BCUT2D eigenvalue weighted by Gasteiger charge is 2.19. The normalized spacial score (nSPS) is 13.4. The van der Waals surface area contributed by atoms with Crippen LogP contribution in [0.5, 0.6) is 0 Å². The summed E-state index contributed by atoms with van der Waals surface area (Å²) in [4.78, 5) is 25.4. The summed E-state index contributed by atoms with van der Waals surface area (Å²) in [5.74, 6) is -0.858. The number of carbonyl (C=O) groups excluding carboxylic acids is 1. The Hall–Kier alpha value is -3.48. The second kappa shape index (κ2) is 6.68. The van der Waals surface area contributed by atoms with Crippen LogP contribution in [0.25, 0.3) is 10.9 Å². The van der Waals surface area contributed by atoms with Gasteiger partial charge in [0.1, 0.15) is 28.8 Å². The number of ketones is 1. The van der Waals surface area contributed by atoms with Gasteiger partial charge in [-0.25, -0.2) is 18.7 Å². The summed E-state index contributed by atoms with van der Waals surface area (Å²) in [6.07, 6.45) is 1.86. The molecule has 0 atom stereocenters. The maximum atomic E-state index is 14.3. The maximum absolute atomic E-state index is 14.3. The highest BCUT2D eigenvalue weighted by molar-refractivity contribution is 6.11. The minimum absolute atomic E-state index is 0.0276. The summed E-state index contributed by atoms with van der Waals surface area (Å²) in [5.41, 5.74) is 1.32. The molecule has 2 aromatic carbocycles. The van der Waals surface area contributed by atoms with Gasteiger partial charge in [0.25, 0.3) is 0 Å². The second-order valence-electron chi connectivity index (χ2n) is 6.18. The molecular formula is C20H14F2N4O. The lowest BCUT2D eigenvalue weighted by Crippen LogP contribution is -2.14. The zero-order chi connectivity index (χ0) is 19.0. The lowest BCUT2D eigenvalue weighted by Gasteiger charge is -2.10. The Balaban J connectivity index is 1.83. The van der Waals surface area contributed by atoms with Crippen LogP contribution in [0.4, 0.5) is 14.6 Å². The molecule has 0 spiro atoms. The number of aromatic nitrogens is 2. The molecule has 0 radical (unpaired) electrons. The van der Waals surface area contributed by atoms with Crippen molar-refractivity contribution in [3.8, 4) is 0 Å². The minimum Gasteiger partial charge on any atom is -0.325 e. The number of anilines is 1. The van der Waals surface area contributed by atoms with Crippen molar-refractivity contribution in [2.75, 3.05) is 11.9 Å². The van der Waals surface area contributed by atoms with Crippen LogP contribution in [0, 0.1) is 11.6 Å². The van der Waals surface area contributed by atoms with Gasteiger partial charge in [0, 0.05) is 10.9 Å². The number of hydrogen-bond acceptors (Lipinski definition) is 5. The number of fused-ring (bicyclic) bond motifs is 1. The zero-order valence-electron chi connectivity index (χ0n) is 14.3. The number of nitrogens with one attached hydrogen (secondary N) is 1. The number of rotatable bonds is 3. The van der Waals surface area contributed by atoms with Crippen LogP contribution in [0.1, 0.15) is 23.1 Å².